The van der Waals surface area contributed by atoms with Gasteiger partial charge in [-0.2, -0.15) is 0 Å². The Bertz CT molecular complexity index is 364. The van der Waals surface area contributed by atoms with E-state index >= 15 is 0 Å². The number of hydrogen-bond donors (Lipinski definition) is 0. The molecule has 2 rings (SSSR count). The van der Waals surface area contributed by atoms with Crippen molar-refractivity contribution in [2.24, 2.45) is 4.99 Å². The summed E-state index contributed by atoms with van der Waals surface area (Å²) < 4.78 is 5.31. The molecule has 1 aromatic rings. The van der Waals surface area contributed by atoms with Gasteiger partial charge in [-0.25, -0.2) is 0 Å². The number of methoxy groups -OCH3 is 1. The Hall–Kier alpha value is -1.15. The fraction of sp³-hybridized carbons (Fsp3) is 0.562. The summed E-state index contributed by atoms with van der Waals surface area (Å²) >= 11 is 0. The lowest BCUT2D eigenvalue weighted by atomic mass is 9.98. The molecule has 0 bridgehead atoms. The van der Waals surface area contributed by atoms with Crippen molar-refractivity contribution in [3.8, 4) is 0 Å². The average molecular weight is 245 g/mol. The summed E-state index contributed by atoms with van der Waals surface area (Å²) in [6.45, 7) is 0.721. The summed E-state index contributed by atoms with van der Waals surface area (Å²) in [4.78, 5) is 4.91. The van der Waals surface area contributed by atoms with E-state index in [1.54, 1.807) is 7.11 Å². The lowest BCUT2D eigenvalue weighted by molar-refractivity contribution is 0.180. The van der Waals surface area contributed by atoms with E-state index < -0.39 is 0 Å². The molecule has 0 amide bonds. The van der Waals surface area contributed by atoms with Crippen LogP contribution < -0.4 is 0 Å². The topological polar surface area (TPSA) is 21.6 Å². The molecular formula is C16H23NO. The van der Waals surface area contributed by atoms with E-state index in [1.165, 1.54) is 43.4 Å². The van der Waals surface area contributed by atoms with Crippen molar-refractivity contribution in [2.45, 2.75) is 44.6 Å². The third-order valence-corrected chi connectivity index (χ3v) is 3.47. The standard InChI is InChI=1S/C16H23NO/c1-18-13-16(12-14-8-4-2-5-9-14)17-15-10-6-3-7-11-15/h2,4-5,8-9,16H,3,6-7,10-13H2,1H3/t16-/m0/s1. The van der Waals surface area contributed by atoms with Gasteiger partial charge in [-0.3, -0.25) is 4.99 Å². The Balaban J connectivity index is 1.99. The fourth-order valence-electron chi connectivity index (χ4n) is 2.57. The first-order chi connectivity index (χ1) is 8.88. The minimum atomic E-state index is 0.283. The third kappa shape index (κ3) is 4.26. The molecule has 0 aliphatic heterocycles. The third-order valence-electron chi connectivity index (χ3n) is 3.47. The van der Waals surface area contributed by atoms with Crippen LogP contribution in [0.5, 0.6) is 0 Å². The molecular weight excluding hydrogens is 222 g/mol. The quantitative estimate of drug-likeness (QED) is 0.776. The Morgan fingerprint density at radius 3 is 2.50 bits per heavy atom. The molecule has 1 fully saturated rings. The van der Waals surface area contributed by atoms with Gasteiger partial charge in [0, 0.05) is 12.8 Å². The van der Waals surface area contributed by atoms with E-state index in [0.717, 1.165) is 13.0 Å². The van der Waals surface area contributed by atoms with Gasteiger partial charge in [0.25, 0.3) is 0 Å². The highest BCUT2D eigenvalue weighted by Gasteiger charge is 2.12. The van der Waals surface area contributed by atoms with Crippen LogP contribution in [0.3, 0.4) is 0 Å². The number of aliphatic imine (C=N–C) groups is 1. The second-order valence-electron chi connectivity index (χ2n) is 5.05. The molecule has 1 atom stereocenters. The Kier molecular flexibility index (Phi) is 5.40. The van der Waals surface area contributed by atoms with Gasteiger partial charge in [0.15, 0.2) is 0 Å². The highest BCUT2D eigenvalue weighted by molar-refractivity contribution is 5.85. The van der Waals surface area contributed by atoms with Crippen LogP contribution in [0.15, 0.2) is 35.3 Å². The van der Waals surface area contributed by atoms with Crippen molar-refractivity contribution < 1.29 is 4.74 Å². The van der Waals surface area contributed by atoms with Gasteiger partial charge in [0.2, 0.25) is 0 Å². The van der Waals surface area contributed by atoms with Gasteiger partial charge < -0.3 is 4.74 Å². The van der Waals surface area contributed by atoms with Crippen LogP contribution in [0.1, 0.15) is 37.7 Å². The van der Waals surface area contributed by atoms with Gasteiger partial charge in [-0.05, 0) is 37.7 Å². The number of hydrogen-bond acceptors (Lipinski definition) is 2. The van der Waals surface area contributed by atoms with E-state index in [1.807, 2.05) is 0 Å². The predicted molar refractivity (Wildman–Crippen MR) is 76.3 cm³/mol. The SMILES string of the molecule is COC[C@H](Cc1ccccc1)N=C1CCCCC1. The highest BCUT2D eigenvalue weighted by atomic mass is 16.5. The second-order valence-corrected chi connectivity index (χ2v) is 5.05. The van der Waals surface area contributed by atoms with Crippen LogP contribution in [-0.4, -0.2) is 25.5 Å². The second kappa shape index (κ2) is 7.32. The van der Waals surface area contributed by atoms with Gasteiger partial charge in [0.05, 0.1) is 12.6 Å². The van der Waals surface area contributed by atoms with Gasteiger partial charge in [0.1, 0.15) is 0 Å². The molecule has 0 radical (unpaired) electrons. The minimum absolute atomic E-state index is 0.283. The van der Waals surface area contributed by atoms with Crippen LogP contribution in [0.2, 0.25) is 0 Å². The summed E-state index contributed by atoms with van der Waals surface area (Å²) in [6, 6.07) is 10.9. The molecule has 18 heavy (non-hydrogen) atoms. The number of rotatable bonds is 5. The first-order valence-electron chi connectivity index (χ1n) is 6.97. The Morgan fingerprint density at radius 2 is 1.83 bits per heavy atom. The van der Waals surface area contributed by atoms with Crippen LogP contribution in [-0.2, 0) is 11.2 Å². The zero-order valence-electron chi connectivity index (χ0n) is 11.3. The van der Waals surface area contributed by atoms with Crippen LogP contribution in [0.25, 0.3) is 0 Å². The van der Waals surface area contributed by atoms with Crippen molar-refractivity contribution in [1.29, 1.82) is 0 Å². The lowest BCUT2D eigenvalue weighted by Gasteiger charge is -2.17. The summed E-state index contributed by atoms with van der Waals surface area (Å²) in [5.74, 6) is 0. The molecule has 0 N–H and O–H groups in total. The van der Waals surface area contributed by atoms with Gasteiger partial charge in [-0.1, -0.05) is 36.8 Å². The first-order valence-corrected chi connectivity index (χ1v) is 6.97. The van der Waals surface area contributed by atoms with Crippen LogP contribution in [0.4, 0.5) is 0 Å². The minimum Gasteiger partial charge on any atom is -0.382 e. The van der Waals surface area contributed by atoms with E-state index in [0.29, 0.717) is 0 Å². The summed E-state index contributed by atoms with van der Waals surface area (Å²) in [6.07, 6.45) is 7.35. The fourth-order valence-corrected chi connectivity index (χ4v) is 2.57. The maximum absolute atomic E-state index is 5.31. The zero-order chi connectivity index (χ0) is 12.6. The van der Waals surface area contributed by atoms with E-state index in [9.17, 15) is 0 Å². The van der Waals surface area contributed by atoms with E-state index in [-0.39, 0.29) is 6.04 Å². The van der Waals surface area contributed by atoms with Gasteiger partial charge >= 0.3 is 0 Å². The Morgan fingerprint density at radius 1 is 1.11 bits per heavy atom. The number of ether oxygens (including phenoxy) is 1. The van der Waals surface area contributed by atoms with E-state index in [4.69, 9.17) is 9.73 Å². The van der Waals surface area contributed by atoms with Crippen molar-refractivity contribution in [3.63, 3.8) is 0 Å². The van der Waals surface area contributed by atoms with Crippen LogP contribution >= 0.6 is 0 Å². The largest absolute Gasteiger partial charge is 0.382 e. The van der Waals surface area contributed by atoms with Crippen molar-refractivity contribution in [3.05, 3.63) is 35.9 Å². The predicted octanol–water partition coefficient (Wildman–Crippen LogP) is 3.65. The summed E-state index contributed by atoms with van der Waals surface area (Å²) in [5.41, 5.74) is 2.75. The van der Waals surface area contributed by atoms with E-state index in [2.05, 4.69) is 30.3 Å². The molecule has 0 heterocycles. The smallest absolute Gasteiger partial charge is 0.0772 e. The van der Waals surface area contributed by atoms with Crippen molar-refractivity contribution in [2.75, 3.05) is 13.7 Å². The molecule has 1 aromatic carbocycles. The summed E-state index contributed by atoms with van der Waals surface area (Å²) in [5, 5.41) is 0. The number of nitrogens with zero attached hydrogens (tertiary/aromatic N) is 1. The molecule has 0 saturated heterocycles. The normalized spacial score (nSPS) is 17.5. The van der Waals surface area contributed by atoms with Crippen molar-refractivity contribution in [1.82, 2.24) is 0 Å². The van der Waals surface area contributed by atoms with Crippen LogP contribution in [0, 0.1) is 0 Å². The monoisotopic (exact) mass is 245 g/mol. The summed E-state index contributed by atoms with van der Waals surface area (Å²) in [7, 11) is 1.76. The zero-order valence-corrected chi connectivity index (χ0v) is 11.3. The highest BCUT2D eigenvalue weighted by Crippen LogP contribution is 2.17. The maximum Gasteiger partial charge on any atom is 0.0772 e. The molecule has 0 aromatic heterocycles. The molecule has 1 aliphatic carbocycles. The molecule has 1 saturated carbocycles. The first kappa shape index (κ1) is 13.3. The molecule has 0 spiro atoms. The molecule has 0 unspecified atom stereocenters. The lowest BCUT2D eigenvalue weighted by Crippen LogP contribution is -2.19. The molecule has 2 heteroatoms. The number of benzene rings is 1. The van der Waals surface area contributed by atoms with Crippen molar-refractivity contribution >= 4 is 5.71 Å². The molecule has 98 valence electrons. The van der Waals surface area contributed by atoms with Gasteiger partial charge in [-0.15, -0.1) is 0 Å². The Labute approximate surface area is 110 Å². The average Bonchev–Trinajstić information content (AvgIpc) is 2.41. The maximum atomic E-state index is 5.31. The molecule has 1 aliphatic rings. The molecule has 2 nitrogen and oxygen atoms in total.